The molecule has 4 aromatic heterocycles. The number of anilines is 4. The van der Waals surface area contributed by atoms with Crippen LogP contribution < -0.4 is 15.0 Å². The zero-order valence-electron chi connectivity index (χ0n) is 18.6. The van der Waals surface area contributed by atoms with Crippen LogP contribution in [-0.2, 0) is 12.1 Å². The van der Waals surface area contributed by atoms with Crippen molar-refractivity contribution in [3.8, 4) is 17.6 Å². The number of methoxy groups -OCH3 is 1. The van der Waals surface area contributed by atoms with Crippen molar-refractivity contribution in [2.75, 3.05) is 23.9 Å². The molecule has 10 nitrogen and oxygen atoms in total. The van der Waals surface area contributed by atoms with Gasteiger partial charge in [-0.25, -0.2) is 19.6 Å². The lowest BCUT2D eigenvalue weighted by molar-refractivity contribution is 0.122. The number of hydrogen-bond donors (Lipinski definition) is 2. The quantitative estimate of drug-likeness (QED) is 0.421. The molecule has 0 spiro atoms. The van der Waals surface area contributed by atoms with E-state index in [0.717, 1.165) is 31.1 Å². The first-order valence-corrected chi connectivity index (χ1v) is 11.5. The molecule has 0 aliphatic carbocycles. The molecule has 5 heterocycles. The summed E-state index contributed by atoms with van der Waals surface area (Å²) in [5, 5.41) is 20.7. The molecular weight excluding hydrogens is 452 g/mol. The van der Waals surface area contributed by atoms with Gasteiger partial charge in [-0.2, -0.15) is 10.1 Å². The fraction of sp³-hybridized carbons (Fsp3) is 0.261. The average Bonchev–Trinajstić information content (AvgIpc) is 3.54. The zero-order chi connectivity index (χ0) is 23.5. The van der Waals surface area contributed by atoms with Crippen molar-refractivity contribution in [3.05, 3.63) is 58.9 Å². The highest BCUT2D eigenvalue weighted by Gasteiger charge is 2.24. The first-order valence-electron chi connectivity index (χ1n) is 10.6. The number of fused-ring (bicyclic) bond motifs is 1. The second-order valence-electron chi connectivity index (χ2n) is 7.69. The van der Waals surface area contributed by atoms with Gasteiger partial charge in [0.05, 0.1) is 7.11 Å². The van der Waals surface area contributed by atoms with Gasteiger partial charge in [-0.05, 0) is 37.5 Å². The molecule has 34 heavy (non-hydrogen) atoms. The van der Waals surface area contributed by atoms with Gasteiger partial charge in [0.1, 0.15) is 22.3 Å². The molecule has 1 unspecified atom stereocenters. The van der Waals surface area contributed by atoms with E-state index in [1.807, 2.05) is 28.3 Å². The third-order valence-electron chi connectivity index (χ3n) is 5.21. The van der Waals surface area contributed by atoms with Gasteiger partial charge < -0.3 is 20.1 Å². The second-order valence-corrected chi connectivity index (χ2v) is 8.59. The van der Waals surface area contributed by atoms with Crippen LogP contribution in [-0.4, -0.2) is 48.5 Å². The normalized spacial score (nSPS) is 14.5. The van der Waals surface area contributed by atoms with Gasteiger partial charge >= 0.3 is 0 Å². The smallest absolute Gasteiger partial charge is 0.230 e. The first kappa shape index (κ1) is 21.8. The Morgan fingerprint density at radius 2 is 2.09 bits per heavy atom. The number of aliphatic hydroxyl groups is 1. The van der Waals surface area contributed by atoms with Crippen LogP contribution >= 0.6 is 11.3 Å². The van der Waals surface area contributed by atoms with Crippen LogP contribution in [0.2, 0.25) is 0 Å². The number of ether oxygens (including phenoxy) is 1. The van der Waals surface area contributed by atoms with Crippen LogP contribution in [0.5, 0.6) is 5.75 Å². The molecule has 0 saturated carbocycles. The highest BCUT2D eigenvalue weighted by Crippen LogP contribution is 2.30. The topological polar surface area (TPSA) is 114 Å². The van der Waals surface area contributed by atoms with E-state index in [1.165, 1.54) is 11.3 Å². The minimum atomic E-state index is -1.34. The Morgan fingerprint density at radius 1 is 1.18 bits per heavy atom. The summed E-state index contributed by atoms with van der Waals surface area (Å²) in [6.45, 7) is 3.18. The van der Waals surface area contributed by atoms with E-state index in [0.29, 0.717) is 28.2 Å². The van der Waals surface area contributed by atoms with Crippen LogP contribution in [0.15, 0.2) is 48.2 Å². The number of pyridine rings is 1. The van der Waals surface area contributed by atoms with Gasteiger partial charge in [0.2, 0.25) is 5.95 Å². The molecule has 1 atom stereocenters. The van der Waals surface area contributed by atoms with E-state index in [4.69, 9.17) is 4.74 Å². The Labute approximate surface area is 200 Å². The highest BCUT2D eigenvalue weighted by atomic mass is 32.1. The van der Waals surface area contributed by atoms with Crippen LogP contribution in [0.3, 0.4) is 0 Å². The summed E-state index contributed by atoms with van der Waals surface area (Å²) in [6, 6.07) is 7.37. The summed E-state index contributed by atoms with van der Waals surface area (Å²) < 4.78 is 7.25. The molecule has 0 bridgehead atoms. The van der Waals surface area contributed by atoms with E-state index >= 15 is 0 Å². The van der Waals surface area contributed by atoms with Gasteiger partial charge in [0.25, 0.3) is 0 Å². The van der Waals surface area contributed by atoms with Crippen LogP contribution in [0.25, 0.3) is 0 Å². The zero-order valence-corrected chi connectivity index (χ0v) is 19.5. The van der Waals surface area contributed by atoms with Crippen molar-refractivity contribution in [2.24, 2.45) is 0 Å². The molecule has 0 amide bonds. The van der Waals surface area contributed by atoms with Crippen LogP contribution in [0, 0.1) is 11.8 Å². The molecule has 5 rings (SSSR count). The molecule has 0 aromatic carbocycles. The van der Waals surface area contributed by atoms with Crippen molar-refractivity contribution in [1.29, 1.82) is 0 Å². The first-order chi connectivity index (χ1) is 16.5. The Kier molecular flexibility index (Phi) is 5.83. The molecule has 4 aromatic rings. The number of hydrogen-bond acceptors (Lipinski definition) is 10. The van der Waals surface area contributed by atoms with Gasteiger partial charge in [0, 0.05) is 43.1 Å². The molecular formula is C23H22N8O2S. The number of rotatable bonds is 5. The molecule has 1 aliphatic rings. The third-order valence-corrected chi connectivity index (χ3v) is 6.19. The second kappa shape index (κ2) is 9.09. The van der Waals surface area contributed by atoms with Crippen LogP contribution in [0.1, 0.15) is 24.0 Å². The molecule has 0 fully saturated rings. The Morgan fingerprint density at radius 3 is 2.91 bits per heavy atom. The third kappa shape index (κ3) is 4.41. The predicted molar refractivity (Wildman–Crippen MR) is 129 cm³/mol. The maximum atomic E-state index is 10.6. The van der Waals surface area contributed by atoms with Crippen molar-refractivity contribution in [2.45, 2.75) is 25.5 Å². The minimum Gasteiger partial charge on any atom is -0.493 e. The summed E-state index contributed by atoms with van der Waals surface area (Å²) in [6.07, 6.45) is 5.92. The summed E-state index contributed by atoms with van der Waals surface area (Å²) >= 11 is 1.36. The lowest BCUT2D eigenvalue weighted by Crippen LogP contribution is -2.28. The van der Waals surface area contributed by atoms with E-state index in [-0.39, 0.29) is 0 Å². The Bertz CT molecular complexity index is 1360. The Balaban J connectivity index is 1.41. The molecule has 0 radical (unpaired) electrons. The maximum absolute atomic E-state index is 10.6. The van der Waals surface area contributed by atoms with Crippen LogP contribution in [0.4, 0.5) is 23.4 Å². The lowest BCUT2D eigenvalue weighted by Gasteiger charge is -2.28. The van der Waals surface area contributed by atoms with Crippen molar-refractivity contribution >= 4 is 34.7 Å². The van der Waals surface area contributed by atoms with Gasteiger partial charge in [-0.15, -0.1) is 11.3 Å². The minimum absolute atomic E-state index is 0.408. The largest absolute Gasteiger partial charge is 0.493 e. The molecule has 0 saturated heterocycles. The fourth-order valence-electron chi connectivity index (χ4n) is 3.59. The predicted octanol–water partition coefficient (Wildman–Crippen LogP) is 3.08. The standard InChI is InChI=1S/C23H22N8O2S/c1-23(32,21-25-11-14-34-21)8-6-16-15-19-30(12-4-13-31(19)29-16)18-7-10-26-22(27-18)28-20-17(33-2)5-3-9-24-20/h3,5,7,9-11,14-15,32H,4,12-13H2,1-2H3,(H,24,26,27,28). The fourth-order valence-corrected chi connectivity index (χ4v) is 4.25. The summed E-state index contributed by atoms with van der Waals surface area (Å²) in [7, 11) is 1.59. The van der Waals surface area contributed by atoms with Gasteiger partial charge in [0.15, 0.2) is 17.2 Å². The number of nitrogens with one attached hydrogen (secondary N) is 1. The van der Waals surface area contributed by atoms with E-state index in [1.54, 1.807) is 38.7 Å². The molecule has 11 heteroatoms. The maximum Gasteiger partial charge on any atom is 0.230 e. The van der Waals surface area contributed by atoms with Gasteiger partial charge in [-0.3, -0.25) is 0 Å². The number of thiazole rings is 1. The van der Waals surface area contributed by atoms with Crippen molar-refractivity contribution in [3.63, 3.8) is 0 Å². The lowest BCUT2D eigenvalue weighted by atomic mass is 10.1. The number of nitrogens with zero attached hydrogens (tertiary/aromatic N) is 7. The van der Waals surface area contributed by atoms with E-state index in [2.05, 4.69) is 47.1 Å². The Hall–Kier alpha value is -4.01. The van der Waals surface area contributed by atoms with E-state index < -0.39 is 5.60 Å². The monoisotopic (exact) mass is 474 g/mol. The number of aromatic nitrogens is 6. The van der Waals surface area contributed by atoms with Crippen molar-refractivity contribution < 1.29 is 9.84 Å². The van der Waals surface area contributed by atoms with Crippen molar-refractivity contribution in [1.82, 2.24) is 29.7 Å². The average molecular weight is 475 g/mol. The highest BCUT2D eigenvalue weighted by molar-refractivity contribution is 7.09. The SMILES string of the molecule is COc1cccnc1Nc1nccc(N2CCCn3nc(C#CC(C)(O)c4nccs4)cc32)n1. The molecule has 2 N–H and O–H groups in total. The van der Waals surface area contributed by atoms with Gasteiger partial charge in [-0.1, -0.05) is 5.92 Å². The summed E-state index contributed by atoms with van der Waals surface area (Å²) in [5.74, 6) is 9.04. The number of aryl methyl sites for hydroxylation is 1. The summed E-state index contributed by atoms with van der Waals surface area (Å²) in [5.41, 5.74) is -0.762. The molecule has 172 valence electrons. The summed E-state index contributed by atoms with van der Waals surface area (Å²) in [4.78, 5) is 19.5. The van der Waals surface area contributed by atoms with E-state index in [9.17, 15) is 5.11 Å². The molecule has 1 aliphatic heterocycles.